The maximum Gasteiger partial charge on any atom is 0.0355 e. The molecule has 3 rings (SSSR count). The molecule has 0 spiro atoms. The molecule has 1 aliphatic rings. The van der Waals surface area contributed by atoms with Crippen molar-refractivity contribution >= 4 is 33.6 Å². The molecule has 112 valence electrons. The lowest BCUT2D eigenvalue weighted by atomic mass is 9.91. The van der Waals surface area contributed by atoms with Gasteiger partial charge in [-0.15, -0.1) is 11.3 Å². The molecule has 1 aliphatic carbocycles. The SMILES string of the molecule is C=C/C(=C\C=C(/C)CN)C1C=c2sc3ccccc3c2=CC1. The average Bonchev–Trinajstić information content (AvgIpc) is 2.93. The molecule has 0 fully saturated rings. The van der Waals surface area contributed by atoms with Crippen molar-refractivity contribution < 1.29 is 0 Å². The van der Waals surface area contributed by atoms with E-state index in [0.717, 1.165) is 6.42 Å². The summed E-state index contributed by atoms with van der Waals surface area (Å²) in [7, 11) is 0. The lowest BCUT2D eigenvalue weighted by Crippen LogP contribution is -2.24. The molecule has 1 atom stereocenters. The summed E-state index contributed by atoms with van der Waals surface area (Å²) in [6, 6.07) is 8.64. The van der Waals surface area contributed by atoms with E-state index in [-0.39, 0.29) is 0 Å². The van der Waals surface area contributed by atoms with Gasteiger partial charge in [0.25, 0.3) is 0 Å². The van der Waals surface area contributed by atoms with Crippen LogP contribution in [0.5, 0.6) is 0 Å². The molecular weight excluding hydrogens is 286 g/mol. The van der Waals surface area contributed by atoms with Crippen molar-refractivity contribution in [3.8, 4) is 0 Å². The van der Waals surface area contributed by atoms with Gasteiger partial charge >= 0.3 is 0 Å². The van der Waals surface area contributed by atoms with E-state index in [0.29, 0.717) is 12.5 Å². The third kappa shape index (κ3) is 2.85. The van der Waals surface area contributed by atoms with Crippen molar-refractivity contribution in [1.29, 1.82) is 0 Å². The third-order valence-corrected chi connectivity index (χ3v) is 5.29. The molecule has 1 nitrogen and oxygen atoms in total. The molecular formula is C20H21NS. The van der Waals surface area contributed by atoms with Crippen molar-refractivity contribution in [3.05, 3.63) is 70.0 Å². The van der Waals surface area contributed by atoms with E-state index < -0.39 is 0 Å². The molecule has 1 aromatic carbocycles. The molecule has 0 saturated carbocycles. The fraction of sp³-hybridized carbons (Fsp3) is 0.200. The molecule has 0 aliphatic heterocycles. The zero-order valence-corrected chi connectivity index (χ0v) is 13.7. The van der Waals surface area contributed by atoms with E-state index in [4.69, 9.17) is 5.73 Å². The summed E-state index contributed by atoms with van der Waals surface area (Å²) in [5.74, 6) is 0.403. The standard InChI is InChI=1S/C20H21NS/c1-3-15(9-8-14(2)13-21)16-10-11-18-17-6-4-5-7-19(17)22-20(18)12-16/h3-9,11-12,16H,1,10,13,21H2,2H3/b14-8+,15-9+. The minimum Gasteiger partial charge on any atom is -0.327 e. The second-order valence-electron chi connectivity index (χ2n) is 5.68. The molecule has 22 heavy (non-hydrogen) atoms. The van der Waals surface area contributed by atoms with Gasteiger partial charge < -0.3 is 5.73 Å². The van der Waals surface area contributed by atoms with Crippen LogP contribution < -0.4 is 15.5 Å². The number of fused-ring (bicyclic) bond motifs is 3. The van der Waals surface area contributed by atoms with Crippen LogP contribution in [0.15, 0.2) is 60.2 Å². The maximum atomic E-state index is 5.65. The van der Waals surface area contributed by atoms with Crippen molar-refractivity contribution in [3.63, 3.8) is 0 Å². The highest BCUT2D eigenvalue weighted by Gasteiger charge is 2.13. The average molecular weight is 307 g/mol. The van der Waals surface area contributed by atoms with Crippen molar-refractivity contribution in [2.45, 2.75) is 13.3 Å². The van der Waals surface area contributed by atoms with Gasteiger partial charge in [-0.2, -0.15) is 0 Å². The molecule has 1 aromatic heterocycles. The van der Waals surface area contributed by atoms with Gasteiger partial charge in [0.05, 0.1) is 0 Å². The van der Waals surface area contributed by atoms with Crippen molar-refractivity contribution in [1.82, 2.24) is 0 Å². The second-order valence-corrected chi connectivity index (χ2v) is 6.76. The van der Waals surface area contributed by atoms with Crippen LogP contribution in [0.4, 0.5) is 0 Å². The smallest absolute Gasteiger partial charge is 0.0355 e. The predicted octanol–water partition coefficient (Wildman–Crippen LogP) is 3.50. The van der Waals surface area contributed by atoms with E-state index >= 15 is 0 Å². The molecule has 1 unspecified atom stereocenters. The van der Waals surface area contributed by atoms with Gasteiger partial charge in [-0.05, 0) is 35.6 Å². The normalized spacial score (nSPS) is 18.5. The van der Waals surface area contributed by atoms with Crippen molar-refractivity contribution in [2.75, 3.05) is 6.54 Å². The minimum atomic E-state index is 0.403. The molecule has 2 aromatic rings. The first-order chi connectivity index (χ1) is 10.7. The Morgan fingerprint density at radius 2 is 2.18 bits per heavy atom. The summed E-state index contributed by atoms with van der Waals surface area (Å²) >= 11 is 1.88. The van der Waals surface area contributed by atoms with Crippen LogP contribution in [-0.4, -0.2) is 6.54 Å². The molecule has 1 heterocycles. The predicted molar refractivity (Wildman–Crippen MR) is 99.2 cm³/mol. The first-order valence-electron chi connectivity index (χ1n) is 7.62. The number of thiophene rings is 1. The molecule has 0 bridgehead atoms. The van der Waals surface area contributed by atoms with Gasteiger partial charge in [-0.25, -0.2) is 0 Å². The van der Waals surface area contributed by atoms with Gasteiger partial charge in [-0.3, -0.25) is 0 Å². The topological polar surface area (TPSA) is 26.0 Å². The maximum absolute atomic E-state index is 5.65. The van der Waals surface area contributed by atoms with E-state index in [1.807, 2.05) is 17.4 Å². The van der Waals surface area contributed by atoms with E-state index in [9.17, 15) is 0 Å². The summed E-state index contributed by atoms with van der Waals surface area (Å²) in [5, 5.41) is 2.77. The summed E-state index contributed by atoms with van der Waals surface area (Å²) in [4.78, 5) is 0. The van der Waals surface area contributed by atoms with Crippen LogP contribution in [0.2, 0.25) is 0 Å². The number of hydrogen-bond acceptors (Lipinski definition) is 2. The Morgan fingerprint density at radius 3 is 2.95 bits per heavy atom. The van der Waals surface area contributed by atoms with Gasteiger partial charge in [0.15, 0.2) is 0 Å². The van der Waals surface area contributed by atoms with Crippen LogP contribution in [0, 0.1) is 5.92 Å². The third-order valence-electron chi connectivity index (χ3n) is 4.14. The minimum absolute atomic E-state index is 0.403. The van der Waals surface area contributed by atoms with E-state index in [1.54, 1.807) is 0 Å². The van der Waals surface area contributed by atoms with Gasteiger partial charge in [-0.1, -0.05) is 60.7 Å². The van der Waals surface area contributed by atoms with Crippen LogP contribution in [0.3, 0.4) is 0 Å². The molecule has 0 amide bonds. The number of benzene rings is 1. The zero-order valence-electron chi connectivity index (χ0n) is 12.9. The van der Waals surface area contributed by atoms with Gasteiger partial charge in [0.1, 0.15) is 0 Å². The molecule has 0 saturated heterocycles. The number of hydrogen-bond donors (Lipinski definition) is 1. The van der Waals surface area contributed by atoms with Crippen LogP contribution in [-0.2, 0) is 0 Å². The molecule has 2 N–H and O–H groups in total. The fourth-order valence-corrected chi connectivity index (χ4v) is 4.00. The Hall–Kier alpha value is -1.90. The first-order valence-corrected chi connectivity index (χ1v) is 8.44. The van der Waals surface area contributed by atoms with Crippen molar-refractivity contribution in [2.24, 2.45) is 11.7 Å². The van der Waals surface area contributed by atoms with Gasteiger partial charge in [0.2, 0.25) is 0 Å². The summed E-state index contributed by atoms with van der Waals surface area (Å²) < 4.78 is 2.74. The zero-order chi connectivity index (χ0) is 15.5. The summed E-state index contributed by atoms with van der Waals surface area (Å²) in [6.07, 6.45) is 12.0. The van der Waals surface area contributed by atoms with Gasteiger partial charge in [0, 0.05) is 21.7 Å². The lowest BCUT2D eigenvalue weighted by Gasteiger charge is -2.14. The summed E-state index contributed by atoms with van der Waals surface area (Å²) in [6.45, 7) is 6.63. The Morgan fingerprint density at radius 1 is 1.36 bits per heavy atom. The highest BCUT2D eigenvalue weighted by molar-refractivity contribution is 7.17. The van der Waals surface area contributed by atoms with Crippen LogP contribution >= 0.6 is 11.3 Å². The number of nitrogens with two attached hydrogens (primary N) is 1. The number of allylic oxidation sites excluding steroid dienone is 4. The monoisotopic (exact) mass is 307 g/mol. The Labute approximate surface area is 135 Å². The Bertz CT molecular complexity index is 880. The Kier molecular flexibility index (Phi) is 4.41. The van der Waals surface area contributed by atoms with E-state index in [1.165, 1.54) is 31.0 Å². The highest BCUT2D eigenvalue weighted by Crippen LogP contribution is 2.23. The first kappa shape index (κ1) is 15.0. The Balaban J connectivity index is 2.03. The molecule has 0 radical (unpaired) electrons. The quantitative estimate of drug-likeness (QED) is 0.860. The highest BCUT2D eigenvalue weighted by atomic mass is 32.1. The number of rotatable bonds is 4. The van der Waals surface area contributed by atoms with Crippen LogP contribution in [0.25, 0.3) is 22.2 Å². The molecule has 2 heteroatoms. The summed E-state index contributed by atoms with van der Waals surface area (Å²) in [5.41, 5.74) is 8.09. The second kappa shape index (κ2) is 6.47. The lowest BCUT2D eigenvalue weighted by molar-refractivity contribution is 0.857. The largest absolute Gasteiger partial charge is 0.327 e. The van der Waals surface area contributed by atoms with E-state index in [2.05, 4.69) is 62.1 Å². The fourth-order valence-electron chi connectivity index (χ4n) is 2.80. The van der Waals surface area contributed by atoms with Crippen LogP contribution in [0.1, 0.15) is 13.3 Å².